The summed E-state index contributed by atoms with van der Waals surface area (Å²) < 4.78 is 60.6. The van der Waals surface area contributed by atoms with Gasteiger partial charge in [-0.2, -0.15) is 0 Å². The van der Waals surface area contributed by atoms with Crippen LogP contribution in [0.1, 0.15) is 93.5 Å². The first kappa shape index (κ1) is 36.0. The largest absolute Gasteiger partial charge is 0.339 e. The minimum Gasteiger partial charge on any atom is -0.339 e. The van der Waals surface area contributed by atoms with Crippen LogP contribution in [0.15, 0.2) is 65.6 Å². The van der Waals surface area contributed by atoms with Crippen LogP contribution in [0.25, 0.3) is 11.0 Å². The predicted octanol–water partition coefficient (Wildman–Crippen LogP) is 7.79. The number of rotatable bonds is 8. The average molecular weight is 738 g/mol. The van der Waals surface area contributed by atoms with Crippen LogP contribution in [0, 0.1) is 18.6 Å². The number of piperidine rings is 2. The fourth-order valence-corrected chi connectivity index (χ4v) is 10.7. The van der Waals surface area contributed by atoms with Gasteiger partial charge in [-0.3, -0.25) is 9.69 Å². The molecule has 3 aliphatic heterocycles. The molecule has 1 N–H and O–H groups in total. The third-order valence-electron chi connectivity index (χ3n) is 11.3. The van der Waals surface area contributed by atoms with Crippen molar-refractivity contribution in [1.29, 1.82) is 0 Å². The molecule has 7 rings (SSSR count). The van der Waals surface area contributed by atoms with E-state index >= 15 is 0 Å². The van der Waals surface area contributed by atoms with Crippen LogP contribution in [-0.2, 0) is 15.4 Å². The monoisotopic (exact) mass is 737 g/mol. The lowest BCUT2D eigenvalue weighted by atomic mass is 9.70. The number of para-hydroxylation sites is 2. The quantitative estimate of drug-likeness (QED) is 0.200. The zero-order valence-electron chi connectivity index (χ0n) is 29.6. The van der Waals surface area contributed by atoms with Crippen LogP contribution >= 0.6 is 11.6 Å². The van der Waals surface area contributed by atoms with Crippen molar-refractivity contribution in [3.8, 4) is 0 Å². The van der Waals surface area contributed by atoms with Crippen molar-refractivity contribution in [1.82, 2.24) is 24.1 Å². The van der Waals surface area contributed by atoms with Gasteiger partial charge in [0.25, 0.3) is 5.91 Å². The Morgan fingerprint density at radius 3 is 2.33 bits per heavy atom. The zero-order valence-corrected chi connectivity index (χ0v) is 31.2. The SMILES string of the molecule is Cc1nc2ccccc2n1[C@H]1C[C@H]2CC[C@@H](C1)N2CCC1(c2cccc(F)c2)CCN(C(=O)c2cc(S(=O)(=O)NC(C)(C)C)c(F)cc2Cl)CC1. The van der Waals surface area contributed by atoms with Gasteiger partial charge in [0.1, 0.15) is 22.4 Å². The minimum absolute atomic E-state index is 0.0639. The van der Waals surface area contributed by atoms with Gasteiger partial charge < -0.3 is 9.47 Å². The molecular weight excluding hydrogens is 692 g/mol. The number of fused-ring (bicyclic) bond motifs is 3. The molecule has 2 bridgehead atoms. The lowest BCUT2D eigenvalue weighted by molar-refractivity contribution is 0.0606. The fourth-order valence-electron chi connectivity index (χ4n) is 8.96. The van der Waals surface area contributed by atoms with Gasteiger partial charge in [-0.05, 0) is 127 Å². The average Bonchev–Trinajstić information content (AvgIpc) is 3.52. The number of hydrogen-bond donors (Lipinski definition) is 1. The summed E-state index contributed by atoms with van der Waals surface area (Å²) in [6.07, 6.45) is 6.46. The van der Waals surface area contributed by atoms with Crippen LogP contribution in [0.5, 0.6) is 0 Å². The summed E-state index contributed by atoms with van der Waals surface area (Å²) in [5.41, 5.74) is 1.89. The summed E-state index contributed by atoms with van der Waals surface area (Å²) in [5.74, 6) is -0.710. The topological polar surface area (TPSA) is 87.5 Å². The highest BCUT2D eigenvalue weighted by molar-refractivity contribution is 7.89. The Hall–Kier alpha value is -3.38. The number of halogens is 3. The van der Waals surface area contributed by atoms with Crippen molar-refractivity contribution in [2.45, 2.75) is 107 Å². The second kappa shape index (κ2) is 13.5. The molecule has 4 heterocycles. The van der Waals surface area contributed by atoms with Gasteiger partial charge in [-0.1, -0.05) is 35.9 Å². The van der Waals surface area contributed by atoms with Gasteiger partial charge in [0.05, 0.1) is 21.6 Å². The number of likely N-dealkylation sites (tertiary alicyclic amines) is 1. The molecule has 0 aliphatic carbocycles. The molecule has 3 saturated heterocycles. The second-order valence-electron chi connectivity index (χ2n) is 15.7. The number of imidazole rings is 1. The predicted molar refractivity (Wildman–Crippen MR) is 196 cm³/mol. The standard InChI is InChI=1S/C39H46ClF2N5O3S/c1-25-43-34-10-5-6-11-35(34)47(25)30-21-28-12-13-29(22-30)46(28)19-16-39(26-8-7-9-27(41)20-26)14-17-45(18-15-39)37(48)31-23-36(33(42)24-32(31)40)51(49,50)44-38(2,3)4/h5-11,20,23-24,28-30,44H,12-19,21-22H2,1-4H3/t28-,29+,30+. The zero-order chi connectivity index (χ0) is 36.3. The summed E-state index contributed by atoms with van der Waals surface area (Å²) in [5, 5.41) is -0.146. The smallest absolute Gasteiger partial charge is 0.255 e. The van der Waals surface area contributed by atoms with Gasteiger partial charge in [0.2, 0.25) is 10.0 Å². The van der Waals surface area contributed by atoms with E-state index in [0.29, 0.717) is 44.1 Å². The number of benzene rings is 3. The molecule has 0 unspecified atom stereocenters. The number of hydrogen-bond acceptors (Lipinski definition) is 5. The first-order valence-corrected chi connectivity index (χ1v) is 19.8. The molecule has 272 valence electrons. The molecule has 3 aromatic carbocycles. The molecule has 0 spiro atoms. The Labute approximate surface area is 304 Å². The van der Waals surface area contributed by atoms with E-state index in [1.165, 1.54) is 11.6 Å². The van der Waals surface area contributed by atoms with Crippen molar-refractivity contribution in [2.24, 2.45) is 0 Å². The van der Waals surface area contributed by atoms with E-state index in [2.05, 4.69) is 39.3 Å². The molecule has 1 amide bonds. The number of carbonyl (C=O) groups excluding carboxylic acids is 1. The molecule has 4 aromatic rings. The Balaban J connectivity index is 1.08. The van der Waals surface area contributed by atoms with E-state index in [1.807, 2.05) is 12.1 Å². The summed E-state index contributed by atoms with van der Waals surface area (Å²) in [6.45, 7) is 8.67. The van der Waals surface area contributed by atoms with E-state index in [-0.39, 0.29) is 21.8 Å². The Kier molecular flexibility index (Phi) is 9.56. The third-order valence-corrected chi connectivity index (χ3v) is 13.4. The lowest BCUT2D eigenvalue weighted by Gasteiger charge is -2.45. The molecule has 51 heavy (non-hydrogen) atoms. The normalized spacial score (nSPS) is 22.5. The van der Waals surface area contributed by atoms with Crippen LogP contribution < -0.4 is 4.72 Å². The first-order valence-electron chi connectivity index (χ1n) is 17.9. The number of nitrogens with zero attached hydrogens (tertiary/aromatic N) is 4. The van der Waals surface area contributed by atoms with Crippen molar-refractivity contribution in [3.63, 3.8) is 0 Å². The summed E-state index contributed by atoms with van der Waals surface area (Å²) in [6, 6.07) is 18.4. The Morgan fingerprint density at radius 2 is 1.67 bits per heavy atom. The summed E-state index contributed by atoms with van der Waals surface area (Å²) in [7, 11) is -4.26. The maximum Gasteiger partial charge on any atom is 0.255 e. The molecule has 0 saturated carbocycles. The van der Waals surface area contributed by atoms with E-state index in [9.17, 15) is 22.0 Å². The summed E-state index contributed by atoms with van der Waals surface area (Å²) >= 11 is 6.36. The van der Waals surface area contributed by atoms with Crippen LogP contribution in [0.3, 0.4) is 0 Å². The molecule has 3 aliphatic rings. The van der Waals surface area contributed by atoms with Gasteiger partial charge in [-0.25, -0.2) is 26.9 Å². The van der Waals surface area contributed by atoms with E-state index in [1.54, 1.807) is 37.8 Å². The molecule has 12 heteroatoms. The van der Waals surface area contributed by atoms with Crippen molar-refractivity contribution < 1.29 is 22.0 Å². The second-order valence-corrected chi connectivity index (χ2v) is 17.8. The maximum atomic E-state index is 14.9. The van der Waals surface area contributed by atoms with Gasteiger partial charge in [0.15, 0.2) is 0 Å². The highest BCUT2D eigenvalue weighted by Crippen LogP contribution is 2.45. The van der Waals surface area contributed by atoms with Crippen molar-refractivity contribution in [3.05, 3.63) is 94.3 Å². The summed E-state index contributed by atoms with van der Waals surface area (Å²) in [4.78, 5) is 22.4. The van der Waals surface area contributed by atoms with Crippen LogP contribution in [0.2, 0.25) is 5.02 Å². The van der Waals surface area contributed by atoms with Crippen LogP contribution in [0.4, 0.5) is 8.78 Å². The highest BCUT2D eigenvalue weighted by Gasteiger charge is 2.44. The van der Waals surface area contributed by atoms with Crippen molar-refractivity contribution in [2.75, 3.05) is 19.6 Å². The van der Waals surface area contributed by atoms with Gasteiger partial charge in [-0.15, -0.1) is 0 Å². The Morgan fingerprint density at radius 1 is 0.980 bits per heavy atom. The van der Waals surface area contributed by atoms with Crippen molar-refractivity contribution >= 4 is 38.6 Å². The number of carbonyl (C=O) groups is 1. The van der Waals surface area contributed by atoms with Crippen LogP contribution in [-0.4, -0.2) is 70.9 Å². The maximum absolute atomic E-state index is 14.9. The third kappa shape index (κ3) is 7.06. The fraction of sp³-hybridized carbons (Fsp3) is 0.487. The number of amides is 1. The lowest BCUT2D eigenvalue weighted by Crippen LogP contribution is -2.49. The molecule has 1 aromatic heterocycles. The number of aromatic nitrogens is 2. The minimum atomic E-state index is -4.26. The molecular formula is C39H46ClF2N5O3S. The van der Waals surface area contributed by atoms with Gasteiger partial charge >= 0.3 is 0 Å². The molecule has 8 nitrogen and oxygen atoms in total. The Bertz CT molecular complexity index is 2060. The molecule has 0 radical (unpaired) electrons. The highest BCUT2D eigenvalue weighted by atomic mass is 35.5. The molecule has 3 atom stereocenters. The van der Waals surface area contributed by atoms with Gasteiger partial charge in [0, 0.05) is 36.8 Å². The molecule has 3 fully saturated rings. The van der Waals surface area contributed by atoms with E-state index in [0.717, 1.165) is 67.7 Å². The first-order chi connectivity index (χ1) is 24.1. The number of nitrogens with one attached hydrogen (secondary N) is 1. The van der Waals surface area contributed by atoms with E-state index < -0.39 is 32.2 Å². The number of sulfonamides is 1. The number of aryl methyl sites for hydroxylation is 1. The van der Waals surface area contributed by atoms with E-state index in [4.69, 9.17) is 16.6 Å².